The van der Waals surface area contributed by atoms with Gasteiger partial charge in [-0.15, -0.1) is 0 Å². The molecule has 1 unspecified atom stereocenters. The zero-order chi connectivity index (χ0) is 15.5. The predicted octanol–water partition coefficient (Wildman–Crippen LogP) is 3.12. The van der Waals surface area contributed by atoms with Crippen molar-refractivity contribution in [3.05, 3.63) is 65.9 Å². The highest BCUT2D eigenvalue weighted by Crippen LogP contribution is 2.22. The second kappa shape index (κ2) is 5.73. The third-order valence-corrected chi connectivity index (χ3v) is 3.43. The smallest absolute Gasteiger partial charge is 0.333 e. The molecular weight excluding hydrogens is 280 g/mol. The minimum atomic E-state index is -1.04. The van der Waals surface area contributed by atoms with Crippen molar-refractivity contribution in [1.29, 1.82) is 0 Å². The summed E-state index contributed by atoms with van der Waals surface area (Å²) in [7, 11) is 0. The van der Waals surface area contributed by atoms with Gasteiger partial charge in [0.05, 0.1) is 0 Å². The van der Waals surface area contributed by atoms with Crippen LogP contribution in [0, 0.1) is 0 Å². The van der Waals surface area contributed by atoms with Crippen molar-refractivity contribution in [2.24, 2.45) is 4.99 Å². The number of hydrogen-bond acceptors (Lipinski definition) is 3. The summed E-state index contributed by atoms with van der Waals surface area (Å²) in [6, 6.07) is 12.7. The number of hydrogen-bond donors (Lipinski definition) is 3. The minimum absolute atomic E-state index is 0.0912. The second-order valence-electron chi connectivity index (χ2n) is 4.90. The molecule has 1 aromatic heterocycles. The molecule has 1 atom stereocenters. The number of aromatic amines is 1. The van der Waals surface area contributed by atoms with Gasteiger partial charge in [-0.3, -0.25) is 4.99 Å². The lowest BCUT2D eigenvalue weighted by molar-refractivity contribution is -0.138. The SMILES string of the molecule is O=C(O)C(N=Cc1c[nH]c2ccccc12)c1ccc(O)cc1. The molecule has 110 valence electrons. The summed E-state index contributed by atoms with van der Waals surface area (Å²) in [6.07, 6.45) is 3.36. The van der Waals surface area contributed by atoms with Gasteiger partial charge in [0.25, 0.3) is 0 Å². The highest BCUT2D eigenvalue weighted by Gasteiger charge is 2.18. The van der Waals surface area contributed by atoms with Gasteiger partial charge in [-0.1, -0.05) is 30.3 Å². The van der Waals surface area contributed by atoms with Gasteiger partial charge in [0, 0.05) is 28.9 Å². The Kier molecular flexibility index (Phi) is 3.62. The lowest BCUT2D eigenvalue weighted by Gasteiger charge is -2.07. The molecule has 3 rings (SSSR count). The Labute approximate surface area is 126 Å². The van der Waals surface area contributed by atoms with Gasteiger partial charge in [0.2, 0.25) is 0 Å². The largest absolute Gasteiger partial charge is 0.508 e. The highest BCUT2D eigenvalue weighted by molar-refractivity contribution is 5.99. The first-order valence-electron chi connectivity index (χ1n) is 6.76. The number of carbonyl (C=O) groups is 1. The average molecular weight is 294 g/mol. The number of nitrogens with one attached hydrogen (secondary N) is 1. The molecule has 2 aromatic carbocycles. The van der Waals surface area contributed by atoms with Crippen molar-refractivity contribution in [2.75, 3.05) is 0 Å². The normalized spacial score (nSPS) is 12.7. The van der Waals surface area contributed by atoms with Crippen LogP contribution in [0.4, 0.5) is 0 Å². The lowest BCUT2D eigenvalue weighted by atomic mass is 10.1. The molecule has 0 radical (unpaired) electrons. The fraction of sp³-hybridized carbons (Fsp3) is 0.0588. The monoisotopic (exact) mass is 294 g/mol. The molecule has 0 spiro atoms. The van der Waals surface area contributed by atoms with Crippen LogP contribution in [0.25, 0.3) is 10.9 Å². The van der Waals surface area contributed by atoms with Gasteiger partial charge < -0.3 is 15.2 Å². The first kappa shape index (κ1) is 13.9. The number of phenolic OH excluding ortho intramolecular Hbond substituents is 1. The van der Waals surface area contributed by atoms with E-state index in [0.717, 1.165) is 16.5 Å². The van der Waals surface area contributed by atoms with E-state index in [1.807, 2.05) is 24.3 Å². The van der Waals surface area contributed by atoms with Crippen molar-refractivity contribution < 1.29 is 15.0 Å². The molecule has 0 bridgehead atoms. The summed E-state index contributed by atoms with van der Waals surface area (Å²) in [5.41, 5.74) is 2.32. The summed E-state index contributed by atoms with van der Waals surface area (Å²) >= 11 is 0. The summed E-state index contributed by atoms with van der Waals surface area (Å²) in [6.45, 7) is 0. The summed E-state index contributed by atoms with van der Waals surface area (Å²) in [4.78, 5) is 18.7. The number of carboxylic acid groups (broad SMARTS) is 1. The molecule has 0 amide bonds. The fourth-order valence-electron chi connectivity index (χ4n) is 2.30. The number of aliphatic carboxylic acids is 1. The Morgan fingerprint density at radius 2 is 1.86 bits per heavy atom. The molecule has 5 nitrogen and oxygen atoms in total. The number of H-pyrrole nitrogens is 1. The Balaban J connectivity index is 1.93. The number of carboxylic acids is 1. The quantitative estimate of drug-likeness (QED) is 0.646. The number of phenols is 1. The molecular formula is C17H14N2O3. The first-order valence-corrected chi connectivity index (χ1v) is 6.76. The zero-order valence-corrected chi connectivity index (χ0v) is 11.6. The van der Waals surface area contributed by atoms with Crippen molar-refractivity contribution in [1.82, 2.24) is 4.98 Å². The maximum absolute atomic E-state index is 11.4. The second-order valence-corrected chi connectivity index (χ2v) is 4.90. The predicted molar refractivity (Wildman–Crippen MR) is 84.4 cm³/mol. The summed E-state index contributed by atoms with van der Waals surface area (Å²) in [5, 5.41) is 19.6. The van der Waals surface area contributed by atoms with Gasteiger partial charge in [0.1, 0.15) is 5.75 Å². The van der Waals surface area contributed by atoms with Crippen molar-refractivity contribution in [3.8, 4) is 5.75 Å². The van der Waals surface area contributed by atoms with Crippen LogP contribution in [0.1, 0.15) is 17.2 Å². The molecule has 0 aliphatic rings. The Morgan fingerprint density at radius 1 is 1.14 bits per heavy atom. The van der Waals surface area contributed by atoms with E-state index >= 15 is 0 Å². The third kappa shape index (κ3) is 2.69. The van der Waals surface area contributed by atoms with Crippen LogP contribution in [-0.4, -0.2) is 27.4 Å². The lowest BCUT2D eigenvalue weighted by Crippen LogP contribution is -2.09. The average Bonchev–Trinajstić information content (AvgIpc) is 2.92. The third-order valence-electron chi connectivity index (χ3n) is 3.43. The maximum Gasteiger partial charge on any atom is 0.333 e. The van der Waals surface area contributed by atoms with Crippen LogP contribution < -0.4 is 0 Å². The van der Waals surface area contributed by atoms with E-state index in [1.165, 1.54) is 12.1 Å². The van der Waals surface area contributed by atoms with Crippen LogP contribution in [0.3, 0.4) is 0 Å². The van der Waals surface area contributed by atoms with E-state index in [1.54, 1.807) is 24.5 Å². The van der Waals surface area contributed by atoms with Gasteiger partial charge in [-0.05, 0) is 23.8 Å². The minimum Gasteiger partial charge on any atom is -0.508 e. The summed E-state index contributed by atoms with van der Waals surface area (Å²) < 4.78 is 0. The van der Waals surface area contributed by atoms with Gasteiger partial charge >= 0.3 is 5.97 Å². The molecule has 0 saturated carbocycles. The van der Waals surface area contributed by atoms with E-state index in [4.69, 9.17) is 0 Å². The number of aliphatic imine (C=N–C) groups is 1. The molecule has 0 fully saturated rings. The van der Waals surface area contributed by atoms with Crippen LogP contribution in [0.2, 0.25) is 0 Å². The number of benzene rings is 2. The number of aromatic hydroxyl groups is 1. The summed E-state index contributed by atoms with van der Waals surface area (Å²) in [5.74, 6) is -0.949. The molecule has 0 aliphatic carbocycles. The molecule has 0 saturated heterocycles. The molecule has 0 aliphatic heterocycles. The molecule has 1 heterocycles. The van der Waals surface area contributed by atoms with Crippen molar-refractivity contribution in [3.63, 3.8) is 0 Å². The van der Waals surface area contributed by atoms with Crippen LogP contribution in [-0.2, 0) is 4.79 Å². The van der Waals surface area contributed by atoms with Crippen LogP contribution in [0.15, 0.2) is 59.7 Å². The van der Waals surface area contributed by atoms with Gasteiger partial charge in [0.15, 0.2) is 6.04 Å². The van der Waals surface area contributed by atoms with E-state index < -0.39 is 12.0 Å². The zero-order valence-electron chi connectivity index (χ0n) is 11.6. The first-order chi connectivity index (χ1) is 10.6. The van der Waals surface area contributed by atoms with E-state index in [-0.39, 0.29) is 5.75 Å². The number of para-hydroxylation sites is 1. The fourth-order valence-corrected chi connectivity index (χ4v) is 2.30. The number of nitrogens with zero attached hydrogens (tertiary/aromatic N) is 1. The van der Waals surface area contributed by atoms with E-state index in [2.05, 4.69) is 9.98 Å². The van der Waals surface area contributed by atoms with E-state index in [0.29, 0.717) is 5.56 Å². The Bertz CT molecular complexity index is 834. The molecule has 3 N–H and O–H groups in total. The molecule has 3 aromatic rings. The van der Waals surface area contributed by atoms with Crippen molar-refractivity contribution in [2.45, 2.75) is 6.04 Å². The van der Waals surface area contributed by atoms with Gasteiger partial charge in [-0.2, -0.15) is 0 Å². The maximum atomic E-state index is 11.4. The molecule has 22 heavy (non-hydrogen) atoms. The molecule has 5 heteroatoms. The topological polar surface area (TPSA) is 85.7 Å². The van der Waals surface area contributed by atoms with Gasteiger partial charge in [-0.25, -0.2) is 4.79 Å². The van der Waals surface area contributed by atoms with Crippen LogP contribution >= 0.6 is 0 Å². The number of rotatable bonds is 4. The standard InChI is InChI=1S/C17H14N2O3/c20-13-7-5-11(6-8-13)16(17(21)22)19-10-12-9-18-15-4-2-1-3-14(12)15/h1-10,16,18,20H,(H,21,22). The number of aromatic nitrogens is 1. The Morgan fingerprint density at radius 3 is 2.59 bits per heavy atom. The van der Waals surface area contributed by atoms with E-state index in [9.17, 15) is 15.0 Å². The number of fused-ring (bicyclic) bond motifs is 1. The Hall–Kier alpha value is -3.08. The van der Waals surface area contributed by atoms with Crippen molar-refractivity contribution >= 4 is 23.1 Å². The van der Waals surface area contributed by atoms with Crippen LogP contribution in [0.5, 0.6) is 5.75 Å². The highest BCUT2D eigenvalue weighted by atomic mass is 16.4.